The molecule has 8 heteroatoms. The molecule has 0 spiro atoms. The number of carboxylic acids is 1. The molecular formula is C14H22N4O4. The fourth-order valence-electron chi connectivity index (χ4n) is 2.54. The first-order chi connectivity index (χ1) is 10.6. The number of urea groups is 1. The number of carboxylic acid groups (broad SMARTS) is 1. The molecule has 0 bridgehead atoms. The second-order valence-electron chi connectivity index (χ2n) is 5.59. The lowest BCUT2D eigenvalue weighted by molar-refractivity contribution is -0.136. The van der Waals surface area contributed by atoms with Crippen LogP contribution in [0.3, 0.4) is 0 Å². The minimum atomic E-state index is -0.956. The van der Waals surface area contributed by atoms with Crippen molar-refractivity contribution in [2.24, 2.45) is 0 Å². The van der Waals surface area contributed by atoms with Crippen LogP contribution in [0.1, 0.15) is 69.1 Å². The molecule has 122 valence electrons. The highest BCUT2D eigenvalue weighted by molar-refractivity contribution is 5.75. The summed E-state index contributed by atoms with van der Waals surface area (Å²) < 4.78 is 5.23. The Morgan fingerprint density at radius 1 is 1.36 bits per heavy atom. The molecule has 8 nitrogen and oxygen atoms in total. The van der Waals surface area contributed by atoms with Crippen LogP contribution in [-0.2, 0) is 4.79 Å². The van der Waals surface area contributed by atoms with E-state index in [0.29, 0.717) is 11.8 Å². The molecule has 1 aromatic heterocycles. The van der Waals surface area contributed by atoms with E-state index in [0.717, 1.165) is 18.7 Å². The molecule has 1 aliphatic carbocycles. The minimum absolute atomic E-state index is 0.0744. The van der Waals surface area contributed by atoms with Crippen LogP contribution in [0, 0.1) is 0 Å². The van der Waals surface area contributed by atoms with Gasteiger partial charge in [-0.25, -0.2) is 4.79 Å². The van der Waals surface area contributed by atoms with Gasteiger partial charge in [0.25, 0.3) is 0 Å². The summed E-state index contributed by atoms with van der Waals surface area (Å²) in [5.41, 5.74) is 0. The summed E-state index contributed by atoms with van der Waals surface area (Å²) in [6.45, 7) is 1.82. The molecule has 0 aromatic carbocycles. The molecule has 1 heterocycles. The predicted octanol–water partition coefficient (Wildman–Crippen LogP) is 1.95. The largest absolute Gasteiger partial charge is 0.481 e. The molecule has 0 radical (unpaired) electrons. The van der Waals surface area contributed by atoms with Gasteiger partial charge in [-0.15, -0.1) is 0 Å². The lowest BCUT2D eigenvalue weighted by atomic mass is 9.89. The summed E-state index contributed by atoms with van der Waals surface area (Å²) in [4.78, 5) is 26.4. The number of carbonyl (C=O) groups is 2. The van der Waals surface area contributed by atoms with Crippen molar-refractivity contribution in [1.82, 2.24) is 20.8 Å². The van der Waals surface area contributed by atoms with E-state index in [1.807, 2.05) is 0 Å². The third kappa shape index (κ3) is 4.71. The topological polar surface area (TPSA) is 117 Å². The van der Waals surface area contributed by atoms with E-state index in [1.54, 1.807) is 6.92 Å². The van der Waals surface area contributed by atoms with Crippen LogP contribution in [0.25, 0.3) is 0 Å². The molecule has 1 saturated carbocycles. The molecule has 0 aliphatic heterocycles. The number of rotatable bonds is 6. The highest BCUT2D eigenvalue weighted by Crippen LogP contribution is 2.31. The maximum atomic E-state index is 11.6. The van der Waals surface area contributed by atoms with E-state index in [4.69, 9.17) is 9.63 Å². The molecular weight excluding hydrogens is 288 g/mol. The summed E-state index contributed by atoms with van der Waals surface area (Å²) in [5, 5.41) is 17.6. The van der Waals surface area contributed by atoms with E-state index in [1.165, 1.54) is 19.3 Å². The smallest absolute Gasteiger partial charge is 0.315 e. The zero-order valence-corrected chi connectivity index (χ0v) is 12.7. The monoisotopic (exact) mass is 310 g/mol. The molecule has 22 heavy (non-hydrogen) atoms. The number of hydrogen-bond acceptors (Lipinski definition) is 5. The van der Waals surface area contributed by atoms with Gasteiger partial charge in [-0.05, 0) is 19.8 Å². The second kappa shape index (κ2) is 7.77. The zero-order chi connectivity index (χ0) is 15.9. The van der Waals surface area contributed by atoms with Gasteiger partial charge in [-0.2, -0.15) is 4.98 Å². The van der Waals surface area contributed by atoms with Gasteiger partial charge in [-0.3, -0.25) is 4.79 Å². The molecule has 1 aliphatic rings. The van der Waals surface area contributed by atoms with E-state index in [-0.39, 0.29) is 13.0 Å². The molecule has 1 fully saturated rings. The van der Waals surface area contributed by atoms with Crippen LogP contribution in [0.4, 0.5) is 4.79 Å². The van der Waals surface area contributed by atoms with Gasteiger partial charge in [0, 0.05) is 12.5 Å². The Balaban J connectivity index is 1.82. The Morgan fingerprint density at radius 2 is 2.09 bits per heavy atom. The number of nitrogens with zero attached hydrogens (tertiary/aromatic N) is 2. The van der Waals surface area contributed by atoms with Crippen molar-refractivity contribution in [1.29, 1.82) is 0 Å². The molecule has 0 saturated heterocycles. The Morgan fingerprint density at radius 3 is 2.77 bits per heavy atom. The number of amides is 2. The quantitative estimate of drug-likeness (QED) is 0.739. The van der Waals surface area contributed by atoms with Crippen molar-refractivity contribution < 1.29 is 19.2 Å². The van der Waals surface area contributed by atoms with Crippen molar-refractivity contribution in [3.05, 3.63) is 11.7 Å². The summed E-state index contributed by atoms with van der Waals surface area (Å²) >= 11 is 0. The summed E-state index contributed by atoms with van der Waals surface area (Å²) in [5.74, 6) is 0.480. The van der Waals surface area contributed by atoms with Gasteiger partial charge < -0.3 is 20.3 Å². The fourth-order valence-corrected chi connectivity index (χ4v) is 2.54. The van der Waals surface area contributed by atoms with Crippen molar-refractivity contribution in [2.45, 2.75) is 57.4 Å². The maximum absolute atomic E-state index is 11.6. The van der Waals surface area contributed by atoms with Crippen molar-refractivity contribution in [3.63, 3.8) is 0 Å². The molecule has 1 aromatic rings. The Kier molecular flexibility index (Phi) is 5.74. The number of aromatic nitrogens is 2. The van der Waals surface area contributed by atoms with Gasteiger partial charge in [-0.1, -0.05) is 24.4 Å². The first-order valence-electron chi connectivity index (χ1n) is 7.66. The first kappa shape index (κ1) is 16.3. The molecule has 3 N–H and O–H groups in total. The van der Waals surface area contributed by atoms with E-state index in [2.05, 4.69) is 20.8 Å². The average molecular weight is 310 g/mol. The van der Waals surface area contributed by atoms with E-state index >= 15 is 0 Å². The van der Waals surface area contributed by atoms with Crippen molar-refractivity contribution in [3.8, 4) is 0 Å². The summed E-state index contributed by atoms with van der Waals surface area (Å²) in [6, 6.07) is -0.874. The third-order valence-corrected chi connectivity index (χ3v) is 3.77. The average Bonchev–Trinajstić information content (AvgIpc) is 2.97. The van der Waals surface area contributed by atoms with Crippen LogP contribution in [-0.4, -0.2) is 33.8 Å². The number of aliphatic carboxylic acids is 1. The predicted molar refractivity (Wildman–Crippen MR) is 77.3 cm³/mol. The summed E-state index contributed by atoms with van der Waals surface area (Å²) in [7, 11) is 0. The molecule has 1 atom stereocenters. The normalized spacial score (nSPS) is 17.0. The zero-order valence-electron chi connectivity index (χ0n) is 12.7. The van der Waals surface area contributed by atoms with Gasteiger partial charge in [0.1, 0.15) is 6.04 Å². The van der Waals surface area contributed by atoms with E-state index < -0.39 is 18.0 Å². The van der Waals surface area contributed by atoms with E-state index in [9.17, 15) is 9.59 Å². The highest BCUT2D eigenvalue weighted by Gasteiger charge is 2.23. The van der Waals surface area contributed by atoms with Crippen LogP contribution in [0.15, 0.2) is 4.52 Å². The molecule has 1 unspecified atom stereocenters. The van der Waals surface area contributed by atoms with Crippen LogP contribution in [0.5, 0.6) is 0 Å². The van der Waals surface area contributed by atoms with Crippen molar-refractivity contribution in [2.75, 3.05) is 6.54 Å². The molecule has 2 amide bonds. The van der Waals surface area contributed by atoms with Crippen LogP contribution >= 0.6 is 0 Å². The number of carbonyl (C=O) groups excluding carboxylic acids is 1. The number of hydrogen-bond donors (Lipinski definition) is 3. The fraction of sp³-hybridized carbons (Fsp3) is 0.714. The summed E-state index contributed by atoms with van der Waals surface area (Å²) in [6.07, 6.45) is 5.68. The second-order valence-corrected chi connectivity index (χ2v) is 5.59. The lowest BCUT2D eigenvalue weighted by Gasteiger charge is -2.17. The lowest BCUT2D eigenvalue weighted by Crippen LogP contribution is -2.38. The Labute approximate surface area is 128 Å². The van der Waals surface area contributed by atoms with Gasteiger partial charge in [0.15, 0.2) is 5.82 Å². The van der Waals surface area contributed by atoms with Crippen LogP contribution in [0.2, 0.25) is 0 Å². The van der Waals surface area contributed by atoms with Crippen molar-refractivity contribution >= 4 is 12.0 Å². The van der Waals surface area contributed by atoms with Gasteiger partial charge in [0.2, 0.25) is 5.89 Å². The highest BCUT2D eigenvalue weighted by atomic mass is 16.5. The van der Waals surface area contributed by atoms with Crippen LogP contribution < -0.4 is 10.6 Å². The standard InChI is InChI=1S/C14H22N4O4/c1-9(16-14(21)15-8-7-11(19)20)13-17-12(18-22-13)10-5-3-2-4-6-10/h9-10H,2-8H2,1H3,(H,19,20)(H2,15,16,21). The maximum Gasteiger partial charge on any atom is 0.315 e. The van der Waals surface area contributed by atoms with Gasteiger partial charge >= 0.3 is 12.0 Å². The SMILES string of the molecule is CC(NC(=O)NCCC(=O)O)c1nc(C2CCCCC2)no1. The minimum Gasteiger partial charge on any atom is -0.481 e. The number of nitrogens with one attached hydrogen (secondary N) is 2. The van der Waals surface area contributed by atoms with Gasteiger partial charge in [0.05, 0.1) is 6.42 Å². The Bertz CT molecular complexity index is 511. The first-order valence-corrected chi connectivity index (χ1v) is 7.66. The third-order valence-electron chi connectivity index (χ3n) is 3.77. The Hall–Kier alpha value is -2.12. The molecule has 2 rings (SSSR count).